The summed E-state index contributed by atoms with van der Waals surface area (Å²) >= 11 is 0. The number of nitrogens with one attached hydrogen (secondary N) is 1. The SMILES string of the molecule is CCN(CC)C1CCN(CC=Cc2ccc(Nc3nc(N)n(-c4ncnc5cc(OC)c(OC)cc45)n3)cn2)C1. The molecular weight excluding hydrogens is 508 g/mol. The maximum atomic E-state index is 6.22. The van der Waals surface area contributed by atoms with Crippen molar-refractivity contribution in [1.29, 1.82) is 0 Å². The minimum absolute atomic E-state index is 0.176. The molecule has 5 rings (SSSR count). The lowest BCUT2D eigenvalue weighted by molar-refractivity contribution is 0.215. The Kier molecular flexibility index (Phi) is 8.37. The van der Waals surface area contributed by atoms with Crippen molar-refractivity contribution in [3.63, 3.8) is 0 Å². The zero-order valence-corrected chi connectivity index (χ0v) is 23.4. The zero-order valence-electron chi connectivity index (χ0n) is 23.4. The molecule has 0 radical (unpaired) electrons. The molecule has 1 unspecified atom stereocenters. The van der Waals surface area contributed by atoms with Crippen molar-refractivity contribution in [1.82, 2.24) is 39.5 Å². The zero-order chi connectivity index (χ0) is 28.1. The summed E-state index contributed by atoms with van der Waals surface area (Å²) < 4.78 is 12.3. The van der Waals surface area contributed by atoms with Gasteiger partial charge in [0.1, 0.15) is 6.33 Å². The Bertz CT molecular complexity index is 1470. The highest BCUT2D eigenvalue weighted by atomic mass is 16.5. The van der Waals surface area contributed by atoms with E-state index in [4.69, 9.17) is 15.2 Å². The Hall–Kier alpha value is -4.29. The molecule has 1 aromatic carbocycles. The van der Waals surface area contributed by atoms with Gasteiger partial charge in [-0.2, -0.15) is 9.67 Å². The summed E-state index contributed by atoms with van der Waals surface area (Å²) in [5.74, 6) is 2.09. The summed E-state index contributed by atoms with van der Waals surface area (Å²) in [5, 5.41) is 8.39. The summed E-state index contributed by atoms with van der Waals surface area (Å²) in [6, 6.07) is 8.13. The largest absolute Gasteiger partial charge is 0.493 e. The van der Waals surface area contributed by atoms with E-state index in [0.717, 1.165) is 44.1 Å². The van der Waals surface area contributed by atoms with Crippen LogP contribution in [0.5, 0.6) is 11.5 Å². The molecule has 40 heavy (non-hydrogen) atoms. The van der Waals surface area contributed by atoms with Crippen LogP contribution in [0.15, 0.2) is 42.9 Å². The van der Waals surface area contributed by atoms with Crippen LogP contribution in [0.25, 0.3) is 22.8 Å². The van der Waals surface area contributed by atoms with Crippen molar-refractivity contribution < 1.29 is 9.47 Å². The van der Waals surface area contributed by atoms with E-state index in [1.807, 2.05) is 12.1 Å². The summed E-state index contributed by atoms with van der Waals surface area (Å²) in [6.07, 6.45) is 8.67. The topological polar surface area (TPSA) is 132 Å². The molecule has 4 aromatic rings. The number of likely N-dealkylation sites (N-methyl/N-ethyl adjacent to an activating group) is 1. The van der Waals surface area contributed by atoms with Crippen LogP contribution in [0.4, 0.5) is 17.6 Å². The lowest BCUT2D eigenvalue weighted by Gasteiger charge is -2.25. The quantitative estimate of drug-likeness (QED) is 0.288. The number of likely N-dealkylation sites (tertiary alicyclic amines) is 1. The lowest BCUT2D eigenvalue weighted by atomic mass is 10.2. The predicted molar refractivity (Wildman–Crippen MR) is 156 cm³/mol. The Morgan fingerprint density at radius 3 is 2.62 bits per heavy atom. The van der Waals surface area contributed by atoms with E-state index in [9.17, 15) is 0 Å². The number of anilines is 3. The highest BCUT2D eigenvalue weighted by Gasteiger charge is 2.25. The van der Waals surface area contributed by atoms with Gasteiger partial charge in [0, 0.05) is 37.1 Å². The molecular formula is C28H36N10O2. The summed E-state index contributed by atoms with van der Waals surface area (Å²) in [4.78, 5) is 22.7. The van der Waals surface area contributed by atoms with Gasteiger partial charge in [-0.1, -0.05) is 19.9 Å². The molecule has 3 N–H and O–H groups in total. The molecule has 1 saturated heterocycles. The van der Waals surface area contributed by atoms with E-state index in [-0.39, 0.29) is 5.95 Å². The Balaban J connectivity index is 1.24. The minimum Gasteiger partial charge on any atom is -0.493 e. The third-order valence-electron chi connectivity index (χ3n) is 7.22. The molecule has 0 saturated carbocycles. The van der Waals surface area contributed by atoms with E-state index in [1.165, 1.54) is 17.4 Å². The maximum absolute atomic E-state index is 6.22. The van der Waals surface area contributed by atoms with Gasteiger partial charge in [-0.15, -0.1) is 5.10 Å². The average Bonchev–Trinajstić information content (AvgIpc) is 3.59. The highest BCUT2D eigenvalue weighted by molar-refractivity contribution is 5.88. The second-order valence-corrected chi connectivity index (χ2v) is 9.55. The molecule has 1 atom stereocenters. The number of ether oxygens (including phenoxy) is 2. The fraction of sp³-hybridized carbons (Fsp3) is 0.393. The van der Waals surface area contributed by atoms with Crippen LogP contribution < -0.4 is 20.5 Å². The highest BCUT2D eigenvalue weighted by Crippen LogP contribution is 2.33. The first kappa shape index (κ1) is 27.3. The molecule has 1 fully saturated rings. The molecule has 12 nitrogen and oxygen atoms in total. The van der Waals surface area contributed by atoms with E-state index < -0.39 is 0 Å². The van der Waals surface area contributed by atoms with Crippen molar-refractivity contribution in [2.45, 2.75) is 26.3 Å². The molecule has 0 amide bonds. The van der Waals surface area contributed by atoms with Gasteiger partial charge in [-0.3, -0.25) is 14.8 Å². The van der Waals surface area contributed by atoms with E-state index in [0.29, 0.717) is 40.2 Å². The second-order valence-electron chi connectivity index (χ2n) is 9.55. The van der Waals surface area contributed by atoms with Gasteiger partial charge in [-0.05, 0) is 43.8 Å². The van der Waals surface area contributed by atoms with E-state index in [2.05, 4.69) is 66.2 Å². The van der Waals surface area contributed by atoms with Crippen LogP contribution in [0, 0.1) is 0 Å². The maximum Gasteiger partial charge on any atom is 0.248 e. The number of benzene rings is 1. The molecule has 210 valence electrons. The number of pyridine rings is 1. The second kappa shape index (κ2) is 12.3. The van der Waals surface area contributed by atoms with Crippen LogP contribution >= 0.6 is 0 Å². The number of nitrogens with zero attached hydrogens (tertiary/aromatic N) is 8. The smallest absolute Gasteiger partial charge is 0.248 e. The number of hydrogen-bond acceptors (Lipinski definition) is 11. The fourth-order valence-corrected chi connectivity index (χ4v) is 5.12. The monoisotopic (exact) mass is 544 g/mol. The number of nitrogen functional groups attached to an aromatic ring is 1. The van der Waals surface area contributed by atoms with Crippen LogP contribution in [-0.2, 0) is 0 Å². The van der Waals surface area contributed by atoms with Crippen molar-refractivity contribution in [2.75, 3.05) is 58.0 Å². The number of hydrogen-bond donors (Lipinski definition) is 2. The van der Waals surface area contributed by atoms with Crippen LogP contribution in [-0.4, -0.2) is 92.5 Å². The first-order valence-corrected chi connectivity index (χ1v) is 13.5. The molecule has 0 bridgehead atoms. The first-order valence-electron chi connectivity index (χ1n) is 13.5. The van der Waals surface area contributed by atoms with E-state index >= 15 is 0 Å². The van der Waals surface area contributed by atoms with Gasteiger partial charge in [0.15, 0.2) is 17.3 Å². The van der Waals surface area contributed by atoms with Gasteiger partial charge < -0.3 is 20.5 Å². The summed E-state index contributed by atoms with van der Waals surface area (Å²) in [5.41, 5.74) is 8.51. The number of aromatic nitrogens is 6. The fourth-order valence-electron chi connectivity index (χ4n) is 5.12. The Morgan fingerprint density at radius 2 is 1.90 bits per heavy atom. The number of nitrogens with two attached hydrogens (primary N) is 1. The first-order chi connectivity index (χ1) is 19.5. The molecule has 3 aromatic heterocycles. The van der Waals surface area contributed by atoms with Gasteiger partial charge in [-0.25, -0.2) is 9.97 Å². The van der Waals surface area contributed by atoms with Crippen LogP contribution in [0.2, 0.25) is 0 Å². The lowest BCUT2D eigenvalue weighted by Crippen LogP contribution is -2.37. The average molecular weight is 545 g/mol. The third kappa shape index (κ3) is 5.82. The van der Waals surface area contributed by atoms with Gasteiger partial charge in [0.25, 0.3) is 0 Å². The molecule has 4 heterocycles. The van der Waals surface area contributed by atoms with Crippen LogP contribution in [0.3, 0.4) is 0 Å². The van der Waals surface area contributed by atoms with Gasteiger partial charge >= 0.3 is 0 Å². The van der Waals surface area contributed by atoms with Gasteiger partial charge in [0.05, 0.1) is 37.3 Å². The molecule has 0 aliphatic carbocycles. The van der Waals surface area contributed by atoms with Crippen LogP contribution in [0.1, 0.15) is 26.0 Å². The predicted octanol–water partition coefficient (Wildman–Crippen LogP) is 3.38. The Morgan fingerprint density at radius 1 is 1.10 bits per heavy atom. The number of methoxy groups -OCH3 is 2. The summed E-state index contributed by atoms with van der Waals surface area (Å²) in [7, 11) is 3.15. The van der Waals surface area contributed by atoms with Crippen molar-refractivity contribution >= 4 is 34.6 Å². The normalized spacial score (nSPS) is 15.9. The molecule has 1 aliphatic heterocycles. The minimum atomic E-state index is 0.176. The van der Waals surface area contributed by atoms with E-state index in [1.54, 1.807) is 32.5 Å². The number of fused-ring (bicyclic) bond motifs is 1. The Labute approximate surface area is 233 Å². The van der Waals surface area contributed by atoms with Gasteiger partial charge in [0.2, 0.25) is 11.9 Å². The summed E-state index contributed by atoms with van der Waals surface area (Å²) in [6.45, 7) is 9.88. The number of rotatable bonds is 11. The molecule has 1 aliphatic rings. The van der Waals surface area contributed by atoms with Crippen molar-refractivity contribution in [2.24, 2.45) is 0 Å². The van der Waals surface area contributed by atoms with Crippen molar-refractivity contribution in [3.05, 3.63) is 48.6 Å². The molecule has 0 spiro atoms. The third-order valence-corrected chi connectivity index (χ3v) is 7.22. The van der Waals surface area contributed by atoms with Crippen molar-refractivity contribution in [3.8, 4) is 17.3 Å². The molecule has 12 heteroatoms. The standard InChI is InChI=1S/C28H36N10O2/c1-5-37(6-2)21-11-13-36(17-21)12-7-8-19-9-10-20(16-30-19)33-28-34-27(29)38(35-28)26-22-14-24(39-3)25(40-4)15-23(22)31-18-32-26/h7-10,14-16,18,21H,5-6,11-13,17H2,1-4H3,(H3,29,33,34,35).